The number of benzene rings is 2. The Kier molecular flexibility index (Phi) is 8.58. The molecule has 2 aromatic rings. The van der Waals surface area contributed by atoms with Crippen molar-refractivity contribution in [1.29, 1.82) is 0 Å². The molecule has 0 saturated carbocycles. The molecule has 2 amide bonds. The predicted octanol–water partition coefficient (Wildman–Crippen LogP) is 2.76. The Labute approximate surface area is 212 Å². The summed E-state index contributed by atoms with van der Waals surface area (Å²) in [6, 6.07) is 15.5. The second kappa shape index (κ2) is 11.3. The molecular formula is C27H35BN2O6. The fourth-order valence-corrected chi connectivity index (χ4v) is 3.86. The van der Waals surface area contributed by atoms with Crippen LogP contribution in [0.3, 0.4) is 0 Å². The highest BCUT2D eigenvalue weighted by Crippen LogP contribution is 2.36. The van der Waals surface area contributed by atoms with Gasteiger partial charge in [-0.15, -0.1) is 0 Å². The summed E-state index contributed by atoms with van der Waals surface area (Å²) >= 11 is 0. The van der Waals surface area contributed by atoms with Crippen molar-refractivity contribution >= 4 is 30.4 Å². The van der Waals surface area contributed by atoms with Crippen molar-refractivity contribution in [3.63, 3.8) is 0 Å². The number of carbonyl (C=O) groups excluding carboxylic acids is 2. The van der Waals surface area contributed by atoms with Crippen LogP contribution in [0.2, 0.25) is 0 Å². The first-order chi connectivity index (χ1) is 16.9. The lowest BCUT2D eigenvalue weighted by Gasteiger charge is -2.32. The molecule has 0 spiro atoms. The Morgan fingerprint density at radius 1 is 0.861 bits per heavy atom. The maximum absolute atomic E-state index is 12.4. The molecule has 8 nitrogen and oxygen atoms in total. The number of rotatable bonds is 10. The average Bonchev–Trinajstić information content (AvgIpc) is 3.05. The second-order valence-corrected chi connectivity index (χ2v) is 10.2. The van der Waals surface area contributed by atoms with Gasteiger partial charge < -0.3 is 25.0 Å². The van der Waals surface area contributed by atoms with Crippen LogP contribution in [0.15, 0.2) is 54.6 Å². The van der Waals surface area contributed by atoms with Crippen molar-refractivity contribution in [2.24, 2.45) is 0 Å². The van der Waals surface area contributed by atoms with Crippen LogP contribution >= 0.6 is 0 Å². The zero-order valence-electron chi connectivity index (χ0n) is 21.5. The minimum absolute atomic E-state index is 0.0296. The zero-order chi connectivity index (χ0) is 26.5. The van der Waals surface area contributed by atoms with Gasteiger partial charge in [-0.1, -0.05) is 54.6 Å². The van der Waals surface area contributed by atoms with E-state index in [1.807, 2.05) is 77.1 Å². The minimum atomic E-state index is -1.14. The van der Waals surface area contributed by atoms with E-state index in [0.29, 0.717) is 0 Å². The normalized spacial score (nSPS) is 17.8. The number of aliphatic carboxylic acids is 1. The fourth-order valence-electron chi connectivity index (χ4n) is 3.86. The highest BCUT2D eigenvalue weighted by atomic mass is 16.7. The Balaban J connectivity index is 1.50. The van der Waals surface area contributed by atoms with E-state index >= 15 is 0 Å². The van der Waals surface area contributed by atoms with E-state index in [4.69, 9.17) is 9.31 Å². The summed E-state index contributed by atoms with van der Waals surface area (Å²) < 4.78 is 12.1. The fraction of sp³-hybridized carbons (Fsp3) is 0.444. The SMILES string of the molecule is C[C@@H](NC(=O)CCC(=O)N[C@H](Cc1ccc(B2OC(C)(C)C(C)(C)O2)cc1)C(=O)O)c1ccccc1. The van der Waals surface area contributed by atoms with Crippen LogP contribution in [0.1, 0.15) is 64.6 Å². The number of amides is 2. The topological polar surface area (TPSA) is 114 Å². The van der Waals surface area contributed by atoms with E-state index in [2.05, 4.69) is 10.6 Å². The van der Waals surface area contributed by atoms with Crippen molar-refractivity contribution < 1.29 is 28.8 Å². The molecule has 9 heteroatoms. The monoisotopic (exact) mass is 494 g/mol. The summed E-state index contributed by atoms with van der Waals surface area (Å²) in [7, 11) is -0.505. The first-order valence-corrected chi connectivity index (χ1v) is 12.2. The van der Waals surface area contributed by atoms with Gasteiger partial charge in [0.1, 0.15) is 6.04 Å². The van der Waals surface area contributed by atoms with E-state index in [1.165, 1.54) is 0 Å². The van der Waals surface area contributed by atoms with Crippen molar-refractivity contribution in [3.05, 3.63) is 65.7 Å². The third kappa shape index (κ3) is 6.95. The molecule has 0 bridgehead atoms. The summed E-state index contributed by atoms with van der Waals surface area (Å²) in [5.74, 6) is -1.90. The molecule has 192 valence electrons. The van der Waals surface area contributed by atoms with Gasteiger partial charge in [-0.05, 0) is 51.2 Å². The third-order valence-corrected chi connectivity index (χ3v) is 6.83. The first kappa shape index (κ1) is 27.4. The molecule has 1 heterocycles. The van der Waals surface area contributed by atoms with E-state index in [1.54, 1.807) is 12.1 Å². The van der Waals surface area contributed by atoms with Gasteiger partial charge >= 0.3 is 13.1 Å². The molecular weight excluding hydrogens is 459 g/mol. The summed E-state index contributed by atoms with van der Waals surface area (Å²) in [5.41, 5.74) is 1.64. The molecule has 3 rings (SSSR count). The van der Waals surface area contributed by atoms with Gasteiger partial charge in [-0.3, -0.25) is 9.59 Å². The van der Waals surface area contributed by atoms with Crippen LogP contribution in [0.25, 0.3) is 0 Å². The van der Waals surface area contributed by atoms with E-state index in [-0.39, 0.29) is 31.2 Å². The van der Waals surface area contributed by atoms with E-state index in [0.717, 1.165) is 16.6 Å². The molecule has 2 atom stereocenters. The molecule has 1 fully saturated rings. The van der Waals surface area contributed by atoms with Gasteiger partial charge in [0.05, 0.1) is 17.2 Å². The second-order valence-electron chi connectivity index (χ2n) is 10.2. The average molecular weight is 494 g/mol. The summed E-state index contributed by atoms with van der Waals surface area (Å²) in [5, 5.41) is 15.0. The lowest BCUT2D eigenvalue weighted by molar-refractivity contribution is -0.141. The number of carboxylic acid groups (broad SMARTS) is 1. The molecule has 1 saturated heterocycles. The van der Waals surface area contributed by atoms with Gasteiger partial charge in [-0.2, -0.15) is 0 Å². The molecule has 0 aromatic heterocycles. The quantitative estimate of drug-likeness (QED) is 0.438. The molecule has 0 aliphatic carbocycles. The maximum atomic E-state index is 12.4. The molecule has 1 aliphatic rings. The Bertz CT molecular complexity index is 1060. The standard InChI is InChI=1S/C27H35BN2O6/c1-18(20-9-7-6-8-10-20)29-23(31)15-16-24(32)30-22(25(33)34)17-19-11-13-21(14-12-19)28-35-26(2,3)27(4,5)36-28/h6-14,18,22H,15-17H2,1-5H3,(H,29,31)(H,30,32)(H,33,34)/t18-,22-/m1/s1. The number of carbonyl (C=O) groups is 3. The van der Waals surface area contributed by atoms with Gasteiger partial charge in [0.25, 0.3) is 0 Å². The number of carboxylic acids is 1. The molecule has 36 heavy (non-hydrogen) atoms. The van der Waals surface area contributed by atoms with Gasteiger partial charge in [0.15, 0.2) is 0 Å². The zero-order valence-corrected chi connectivity index (χ0v) is 21.5. The largest absolute Gasteiger partial charge is 0.494 e. The van der Waals surface area contributed by atoms with Crippen molar-refractivity contribution in [2.75, 3.05) is 0 Å². The lowest BCUT2D eigenvalue weighted by Crippen LogP contribution is -2.42. The summed E-state index contributed by atoms with van der Waals surface area (Å²) in [4.78, 5) is 36.4. The maximum Gasteiger partial charge on any atom is 0.494 e. The van der Waals surface area contributed by atoms with E-state index < -0.39 is 36.2 Å². The van der Waals surface area contributed by atoms with Gasteiger partial charge in [-0.25, -0.2) is 4.79 Å². The van der Waals surface area contributed by atoms with Crippen LogP contribution < -0.4 is 16.1 Å². The first-order valence-electron chi connectivity index (χ1n) is 12.2. The van der Waals surface area contributed by atoms with Crippen molar-refractivity contribution in [1.82, 2.24) is 10.6 Å². The van der Waals surface area contributed by atoms with Crippen molar-refractivity contribution in [2.45, 2.75) is 77.2 Å². The third-order valence-electron chi connectivity index (χ3n) is 6.83. The molecule has 0 radical (unpaired) electrons. The van der Waals surface area contributed by atoms with Crippen LogP contribution in [0.4, 0.5) is 0 Å². The van der Waals surface area contributed by atoms with Gasteiger partial charge in [0, 0.05) is 19.3 Å². The van der Waals surface area contributed by atoms with Crippen LogP contribution in [0, 0.1) is 0 Å². The minimum Gasteiger partial charge on any atom is -0.480 e. The van der Waals surface area contributed by atoms with Crippen LogP contribution in [0.5, 0.6) is 0 Å². The predicted molar refractivity (Wildman–Crippen MR) is 138 cm³/mol. The smallest absolute Gasteiger partial charge is 0.480 e. The molecule has 2 aromatic carbocycles. The summed E-state index contributed by atoms with van der Waals surface area (Å²) in [6.45, 7) is 9.79. The Morgan fingerprint density at radius 2 is 1.39 bits per heavy atom. The summed E-state index contributed by atoms with van der Waals surface area (Å²) in [6.07, 6.45) is -0.0158. The highest BCUT2D eigenvalue weighted by Gasteiger charge is 2.51. The molecule has 0 unspecified atom stereocenters. The van der Waals surface area contributed by atoms with Crippen LogP contribution in [-0.4, -0.2) is 47.3 Å². The van der Waals surface area contributed by atoms with Crippen molar-refractivity contribution in [3.8, 4) is 0 Å². The number of hydrogen-bond acceptors (Lipinski definition) is 5. The lowest BCUT2D eigenvalue weighted by atomic mass is 9.78. The highest BCUT2D eigenvalue weighted by molar-refractivity contribution is 6.62. The molecule has 3 N–H and O–H groups in total. The Morgan fingerprint density at radius 3 is 1.92 bits per heavy atom. The molecule has 1 aliphatic heterocycles. The van der Waals surface area contributed by atoms with Gasteiger partial charge in [0.2, 0.25) is 11.8 Å². The Hall–Kier alpha value is -3.17. The van der Waals surface area contributed by atoms with E-state index in [9.17, 15) is 19.5 Å². The number of hydrogen-bond donors (Lipinski definition) is 3. The number of nitrogens with one attached hydrogen (secondary N) is 2. The van der Waals surface area contributed by atoms with Crippen LogP contribution in [-0.2, 0) is 30.1 Å².